The van der Waals surface area contributed by atoms with Crippen LogP contribution in [0.4, 0.5) is 11.4 Å². The van der Waals surface area contributed by atoms with Crippen molar-refractivity contribution in [3.63, 3.8) is 0 Å². The molecule has 1 aliphatic heterocycles. The third kappa shape index (κ3) is 4.17. The zero-order valence-electron chi connectivity index (χ0n) is 19.7. The molecular formula is C30H26N2O3. The normalized spacial score (nSPS) is 13.6. The number of hydrogen-bond acceptors (Lipinski definition) is 4. The van der Waals surface area contributed by atoms with E-state index < -0.39 is 0 Å². The molecule has 0 bridgehead atoms. The first kappa shape index (κ1) is 22.4. The number of amides is 2. The van der Waals surface area contributed by atoms with Gasteiger partial charge < -0.3 is 10.1 Å². The zero-order chi connectivity index (χ0) is 24.4. The molecule has 0 aliphatic carbocycles. The maximum Gasteiger partial charge on any atom is 0.282 e. The molecular weight excluding hydrogens is 436 g/mol. The first-order valence-electron chi connectivity index (χ1n) is 11.8. The Bertz CT molecular complexity index is 1430. The number of carbonyl (C=O) groups is 2. The van der Waals surface area contributed by atoms with E-state index in [0.717, 1.165) is 28.4 Å². The van der Waals surface area contributed by atoms with Gasteiger partial charge in [-0.25, -0.2) is 4.90 Å². The lowest BCUT2D eigenvalue weighted by Gasteiger charge is -2.16. The van der Waals surface area contributed by atoms with Crippen molar-refractivity contribution in [2.75, 3.05) is 16.8 Å². The van der Waals surface area contributed by atoms with Gasteiger partial charge in [0.2, 0.25) is 0 Å². The fraction of sp³-hybridized carbons (Fsp3) is 0.133. The summed E-state index contributed by atoms with van der Waals surface area (Å²) in [6.07, 6.45) is 0.881. The quantitative estimate of drug-likeness (QED) is 0.332. The van der Waals surface area contributed by atoms with E-state index in [0.29, 0.717) is 29.2 Å². The summed E-state index contributed by atoms with van der Waals surface area (Å²) in [6.45, 7) is 4.54. The molecule has 0 saturated heterocycles. The second-order valence-corrected chi connectivity index (χ2v) is 8.32. The summed E-state index contributed by atoms with van der Waals surface area (Å²) >= 11 is 0. The first-order chi connectivity index (χ1) is 17.1. The molecule has 5 rings (SSSR count). The van der Waals surface area contributed by atoms with Gasteiger partial charge in [0.25, 0.3) is 11.8 Å². The van der Waals surface area contributed by atoms with Gasteiger partial charge in [-0.1, -0.05) is 67.6 Å². The highest BCUT2D eigenvalue weighted by atomic mass is 16.5. The summed E-state index contributed by atoms with van der Waals surface area (Å²) in [7, 11) is 0. The Balaban J connectivity index is 1.61. The summed E-state index contributed by atoms with van der Waals surface area (Å²) < 4.78 is 5.56. The van der Waals surface area contributed by atoms with Crippen LogP contribution in [0, 0.1) is 0 Å². The van der Waals surface area contributed by atoms with Crippen molar-refractivity contribution in [1.29, 1.82) is 0 Å². The lowest BCUT2D eigenvalue weighted by molar-refractivity contribution is -0.120. The van der Waals surface area contributed by atoms with Gasteiger partial charge in [-0.3, -0.25) is 9.59 Å². The highest BCUT2D eigenvalue weighted by Gasteiger charge is 2.40. The van der Waals surface area contributed by atoms with Crippen LogP contribution in [0.3, 0.4) is 0 Å². The Morgan fingerprint density at radius 3 is 2.20 bits per heavy atom. The second-order valence-electron chi connectivity index (χ2n) is 8.32. The van der Waals surface area contributed by atoms with Gasteiger partial charge in [-0.2, -0.15) is 0 Å². The summed E-state index contributed by atoms with van der Waals surface area (Å²) in [5.74, 6) is -0.0218. The summed E-state index contributed by atoms with van der Waals surface area (Å²) in [5, 5.41) is 5.33. The fourth-order valence-corrected chi connectivity index (χ4v) is 4.38. The van der Waals surface area contributed by atoms with Gasteiger partial charge in [-0.15, -0.1) is 0 Å². The van der Waals surface area contributed by atoms with Crippen molar-refractivity contribution in [2.24, 2.45) is 0 Å². The molecule has 1 aliphatic rings. The van der Waals surface area contributed by atoms with Crippen LogP contribution in [-0.2, 0) is 16.0 Å². The van der Waals surface area contributed by atoms with Crippen LogP contribution in [0.1, 0.15) is 25.0 Å². The number of nitrogens with one attached hydrogen (secondary N) is 1. The molecule has 5 nitrogen and oxygen atoms in total. The Morgan fingerprint density at radius 1 is 0.771 bits per heavy atom. The molecule has 1 heterocycles. The molecule has 35 heavy (non-hydrogen) atoms. The smallest absolute Gasteiger partial charge is 0.282 e. The number of hydrogen-bond donors (Lipinski definition) is 1. The molecule has 4 aromatic carbocycles. The minimum Gasteiger partial charge on any atom is -0.494 e. The van der Waals surface area contributed by atoms with Crippen LogP contribution in [0.5, 0.6) is 5.75 Å². The highest BCUT2D eigenvalue weighted by molar-refractivity contribution is 6.46. The fourth-order valence-electron chi connectivity index (χ4n) is 4.38. The molecule has 1 N–H and O–H groups in total. The predicted molar refractivity (Wildman–Crippen MR) is 140 cm³/mol. The van der Waals surface area contributed by atoms with Crippen LogP contribution in [0.15, 0.2) is 96.7 Å². The minimum absolute atomic E-state index is 0.259. The molecule has 174 valence electrons. The third-order valence-corrected chi connectivity index (χ3v) is 6.19. The average molecular weight is 463 g/mol. The van der Waals surface area contributed by atoms with Crippen LogP contribution in [0.25, 0.3) is 16.3 Å². The highest BCUT2D eigenvalue weighted by Crippen LogP contribution is 2.35. The van der Waals surface area contributed by atoms with Gasteiger partial charge in [0.05, 0.1) is 17.9 Å². The van der Waals surface area contributed by atoms with Crippen LogP contribution >= 0.6 is 0 Å². The summed E-state index contributed by atoms with van der Waals surface area (Å²) in [4.78, 5) is 28.7. The first-order valence-corrected chi connectivity index (χ1v) is 11.8. The van der Waals surface area contributed by atoms with Gasteiger partial charge in [-0.05, 0) is 60.2 Å². The summed E-state index contributed by atoms with van der Waals surface area (Å²) in [6, 6.07) is 28.6. The molecule has 4 aromatic rings. The topological polar surface area (TPSA) is 58.6 Å². The van der Waals surface area contributed by atoms with E-state index in [9.17, 15) is 9.59 Å². The number of benzene rings is 4. The molecule has 5 heteroatoms. The van der Waals surface area contributed by atoms with Crippen LogP contribution in [-0.4, -0.2) is 18.4 Å². The molecule has 0 atom stereocenters. The molecule has 0 unspecified atom stereocenters. The number of fused-ring (bicyclic) bond motifs is 1. The SMILES string of the molecule is CCOc1ccc(C2=C(Nc3cccc4ccccc34)C(=O)N(c3ccc(CC)cc3)C2=O)cc1. The largest absolute Gasteiger partial charge is 0.494 e. The lowest BCUT2D eigenvalue weighted by Crippen LogP contribution is -2.32. The lowest BCUT2D eigenvalue weighted by atomic mass is 10.0. The van der Waals surface area contributed by atoms with Gasteiger partial charge >= 0.3 is 0 Å². The van der Waals surface area contributed by atoms with E-state index in [1.165, 1.54) is 4.90 Å². The van der Waals surface area contributed by atoms with Gasteiger partial charge in [0.1, 0.15) is 11.4 Å². The molecule has 0 spiro atoms. The van der Waals surface area contributed by atoms with Gasteiger partial charge in [0.15, 0.2) is 0 Å². The van der Waals surface area contributed by atoms with Crippen molar-refractivity contribution < 1.29 is 14.3 Å². The van der Waals surface area contributed by atoms with Crippen LogP contribution in [0.2, 0.25) is 0 Å². The van der Waals surface area contributed by atoms with E-state index in [4.69, 9.17) is 4.74 Å². The average Bonchev–Trinajstić information content (AvgIpc) is 3.14. The molecule has 0 radical (unpaired) electrons. The standard InChI is InChI=1S/C30H26N2O3/c1-3-20-12-16-23(17-13-20)32-29(33)27(22-14-18-24(19-15-22)35-4-2)28(30(32)34)31-26-11-7-9-21-8-5-6-10-25(21)26/h5-19,31H,3-4H2,1-2H3. The molecule has 2 amide bonds. The molecule has 0 fully saturated rings. The summed E-state index contributed by atoms with van der Waals surface area (Å²) in [5.41, 5.74) is 3.71. The monoisotopic (exact) mass is 462 g/mol. The zero-order valence-corrected chi connectivity index (χ0v) is 19.7. The van der Waals surface area contributed by atoms with Crippen molar-refractivity contribution in [2.45, 2.75) is 20.3 Å². The number of aryl methyl sites for hydroxylation is 1. The minimum atomic E-state index is -0.379. The van der Waals surface area contributed by atoms with Gasteiger partial charge in [0, 0.05) is 11.1 Å². The van der Waals surface area contributed by atoms with Crippen molar-refractivity contribution >= 4 is 39.5 Å². The van der Waals surface area contributed by atoms with E-state index in [1.54, 1.807) is 0 Å². The maximum absolute atomic E-state index is 13.7. The number of carbonyl (C=O) groups excluding carboxylic acids is 2. The second kappa shape index (κ2) is 9.47. The molecule has 0 aromatic heterocycles. The van der Waals surface area contributed by atoms with E-state index >= 15 is 0 Å². The number of rotatable bonds is 7. The number of imide groups is 1. The number of nitrogens with zero attached hydrogens (tertiary/aromatic N) is 1. The van der Waals surface area contributed by atoms with Crippen molar-refractivity contribution in [3.05, 3.63) is 108 Å². The predicted octanol–water partition coefficient (Wildman–Crippen LogP) is 6.20. The van der Waals surface area contributed by atoms with Crippen molar-refractivity contribution in [3.8, 4) is 5.75 Å². The van der Waals surface area contributed by atoms with E-state index in [-0.39, 0.29) is 17.5 Å². The Hall–Kier alpha value is -4.38. The Kier molecular flexibility index (Phi) is 6.06. The maximum atomic E-state index is 13.7. The molecule has 0 saturated carbocycles. The Morgan fingerprint density at radius 2 is 1.49 bits per heavy atom. The van der Waals surface area contributed by atoms with E-state index in [1.807, 2.05) is 97.9 Å². The number of anilines is 2. The van der Waals surface area contributed by atoms with Crippen molar-refractivity contribution in [1.82, 2.24) is 0 Å². The Labute approximate surface area is 204 Å². The van der Waals surface area contributed by atoms with Crippen LogP contribution < -0.4 is 15.0 Å². The third-order valence-electron chi connectivity index (χ3n) is 6.19. The number of ether oxygens (including phenoxy) is 1. The van der Waals surface area contributed by atoms with E-state index in [2.05, 4.69) is 12.2 Å².